The van der Waals surface area contributed by atoms with Crippen LogP contribution in [0.15, 0.2) is 0 Å². The van der Waals surface area contributed by atoms with Crippen LogP contribution in [0.1, 0.15) is 25.1 Å². The van der Waals surface area contributed by atoms with E-state index in [9.17, 15) is 0 Å². The number of hydrogen-bond donors (Lipinski definition) is 1. The molecule has 1 aliphatic rings. The molecule has 20 heavy (non-hydrogen) atoms. The smallest absolute Gasteiger partial charge is 0.184 e. The molecule has 0 amide bonds. The zero-order valence-electron chi connectivity index (χ0n) is 11.4. The Morgan fingerprint density at radius 2 is 2.30 bits per heavy atom. The predicted molar refractivity (Wildman–Crippen MR) is 78.3 cm³/mol. The van der Waals surface area contributed by atoms with Gasteiger partial charge in [-0.1, -0.05) is 5.21 Å². The second-order valence-electron chi connectivity index (χ2n) is 4.89. The summed E-state index contributed by atoms with van der Waals surface area (Å²) in [4.78, 5) is 8.77. The minimum atomic E-state index is 0.189. The number of aromatic nitrogens is 5. The second kappa shape index (κ2) is 5.92. The van der Waals surface area contributed by atoms with E-state index < -0.39 is 0 Å². The number of thioether (sulfide) groups is 1. The molecule has 8 heteroatoms. The topological polar surface area (TPSA) is 91.7 Å². The van der Waals surface area contributed by atoms with Crippen molar-refractivity contribution in [3.05, 3.63) is 5.82 Å². The van der Waals surface area contributed by atoms with Crippen molar-refractivity contribution >= 4 is 28.7 Å². The van der Waals surface area contributed by atoms with Crippen molar-refractivity contribution in [2.75, 3.05) is 18.6 Å². The van der Waals surface area contributed by atoms with Crippen LogP contribution in [-0.4, -0.2) is 43.9 Å². The number of anilines is 1. The molecular formula is C12H18N6OS. The Morgan fingerprint density at radius 1 is 1.40 bits per heavy atom. The molecule has 2 N–H and O–H groups in total. The summed E-state index contributed by atoms with van der Waals surface area (Å²) >= 11 is 1.66. The molecule has 3 rings (SSSR count). The third kappa shape index (κ3) is 2.71. The van der Waals surface area contributed by atoms with Gasteiger partial charge in [0.25, 0.3) is 0 Å². The Bertz CT molecular complexity index is 595. The maximum atomic E-state index is 5.93. The number of hydrogen-bond acceptors (Lipinski definition) is 7. The third-order valence-electron chi connectivity index (χ3n) is 3.36. The number of nitrogens with zero attached hydrogens (tertiary/aromatic N) is 5. The SMILES string of the molecule is CSCc1nc(N)c2nnn(CC3CCCCO3)c2n1. The second-order valence-corrected chi connectivity index (χ2v) is 5.76. The highest BCUT2D eigenvalue weighted by Crippen LogP contribution is 2.19. The summed E-state index contributed by atoms with van der Waals surface area (Å²) in [6.45, 7) is 1.50. The lowest BCUT2D eigenvalue weighted by atomic mass is 10.1. The van der Waals surface area contributed by atoms with E-state index in [0.29, 0.717) is 23.5 Å². The number of rotatable bonds is 4. The summed E-state index contributed by atoms with van der Waals surface area (Å²) in [6.07, 6.45) is 5.59. The Morgan fingerprint density at radius 3 is 3.05 bits per heavy atom. The Labute approximate surface area is 121 Å². The lowest BCUT2D eigenvalue weighted by Gasteiger charge is -2.22. The average molecular weight is 294 g/mol. The zero-order chi connectivity index (χ0) is 13.9. The van der Waals surface area contributed by atoms with E-state index in [4.69, 9.17) is 10.5 Å². The molecule has 7 nitrogen and oxygen atoms in total. The molecule has 0 bridgehead atoms. The predicted octanol–water partition coefficient (Wildman–Crippen LogP) is 1.24. The van der Waals surface area contributed by atoms with Crippen molar-refractivity contribution in [2.24, 2.45) is 0 Å². The van der Waals surface area contributed by atoms with E-state index in [1.165, 1.54) is 6.42 Å². The zero-order valence-corrected chi connectivity index (χ0v) is 12.3. The lowest BCUT2D eigenvalue weighted by molar-refractivity contribution is 0.00433. The molecule has 108 valence electrons. The molecule has 1 saturated heterocycles. The molecule has 1 aliphatic heterocycles. The van der Waals surface area contributed by atoms with E-state index >= 15 is 0 Å². The molecule has 1 fully saturated rings. The summed E-state index contributed by atoms with van der Waals surface area (Å²) in [5.41, 5.74) is 7.21. The Balaban J connectivity index is 1.90. The van der Waals surface area contributed by atoms with Gasteiger partial charge in [-0.25, -0.2) is 14.6 Å². The first kappa shape index (κ1) is 13.6. The van der Waals surface area contributed by atoms with Gasteiger partial charge in [-0.15, -0.1) is 5.10 Å². The molecule has 0 aliphatic carbocycles. The van der Waals surface area contributed by atoms with Crippen molar-refractivity contribution in [2.45, 2.75) is 37.7 Å². The molecule has 0 aromatic carbocycles. The highest BCUT2D eigenvalue weighted by atomic mass is 32.2. The third-order valence-corrected chi connectivity index (χ3v) is 3.91. The van der Waals surface area contributed by atoms with Gasteiger partial charge in [0.1, 0.15) is 5.82 Å². The lowest BCUT2D eigenvalue weighted by Crippen LogP contribution is -2.25. The van der Waals surface area contributed by atoms with E-state index in [1.807, 2.05) is 6.26 Å². The molecule has 1 atom stereocenters. The minimum absolute atomic E-state index is 0.189. The highest BCUT2D eigenvalue weighted by molar-refractivity contribution is 7.97. The first-order valence-electron chi connectivity index (χ1n) is 6.74. The van der Waals surface area contributed by atoms with Crippen LogP contribution in [0, 0.1) is 0 Å². The van der Waals surface area contributed by atoms with Crippen LogP contribution in [0.3, 0.4) is 0 Å². The summed E-state index contributed by atoms with van der Waals surface area (Å²) in [6, 6.07) is 0. The normalized spacial score (nSPS) is 19.6. The van der Waals surface area contributed by atoms with E-state index in [1.54, 1.807) is 16.4 Å². The number of ether oxygens (including phenoxy) is 1. The van der Waals surface area contributed by atoms with Gasteiger partial charge in [0.15, 0.2) is 17.0 Å². The molecule has 3 heterocycles. The monoisotopic (exact) mass is 294 g/mol. The minimum Gasteiger partial charge on any atom is -0.382 e. The largest absolute Gasteiger partial charge is 0.382 e. The maximum Gasteiger partial charge on any atom is 0.184 e. The van der Waals surface area contributed by atoms with Gasteiger partial charge in [0.05, 0.1) is 18.4 Å². The van der Waals surface area contributed by atoms with Crippen molar-refractivity contribution < 1.29 is 4.74 Å². The standard InChI is InChI=1S/C12H18N6OS/c1-20-7-9-14-11(13)10-12(15-9)18(17-16-10)6-8-4-2-3-5-19-8/h8H,2-7H2,1H3,(H2,13,14,15). The van der Waals surface area contributed by atoms with E-state index in [2.05, 4.69) is 20.3 Å². The number of fused-ring (bicyclic) bond motifs is 1. The molecule has 0 saturated carbocycles. The van der Waals surface area contributed by atoms with Crippen molar-refractivity contribution in [1.29, 1.82) is 0 Å². The van der Waals surface area contributed by atoms with Crippen LogP contribution in [0.25, 0.3) is 11.2 Å². The van der Waals surface area contributed by atoms with Crippen molar-refractivity contribution in [1.82, 2.24) is 25.0 Å². The Kier molecular flexibility index (Phi) is 4.02. The summed E-state index contributed by atoms with van der Waals surface area (Å²) in [5, 5.41) is 8.23. The van der Waals surface area contributed by atoms with Crippen LogP contribution >= 0.6 is 11.8 Å². The van der Waals surface area contributed by atoms with Crippen LogP contribution in [0.2, 0.25) is 0 Å². The number of nitrogen functional groups attached to an aromatic ring is 1. The van der Waals surface area contributed by atoms with Gasteiger partial charge in [-0.2, -0.15) is 11.8 Å². The average Bonchev–Trinajstić information content (AvgIpc) is 2.84. The van der Waals surface area contributed by atoms with Gasteiger partial charge in [-0.05, 0) is 25.5 Å². The fraction of sp³-hybridized carbons (Fsp3) is 0.667. The van der Waals surface area contributed by atoms with Gasteiger partial charge in [0.2, 0.25) is 0 Å². The van der Waals surface area contributed by atoms with E-state index in [0.717, 1.165) is 31.0 Å². The molecule has 0 radical (unpaired) electrons. The van der Waals surface area contributed by atoms with Crippen LogP contribution < -0.4 is 5.73 Å². The van der Waals surface area contributed by atoms with Crippen molar-refractivity contribution in [3.63, 3.8) is 0 Å². The molecular weight excluding hydrogens is 276 g/mol. The quantitative estimate of drug-likeness (QED) is 0.906. The van der Waals surface area contributed by atoms with Crippen molar-refractivity contribution in [3.8, 4) is 0 Å². The van der Waals surface area contributed by atoms with Gasteiger partial charge < -0.3 is 10.5 Å². The fourth-order valence-electron chi connectivity index (χ4n) is 2.38. The highest BCUT2D eigenvalue weighted by Gasteiger charge is 2.18. The molecule has 0 spiro atoms. The molecule has 2 aromatic heterocycles. The maximum absolute atomic E-state index is 5.93. The van der Waals surface area contributed by atoms with Gasteiger partial charge >= 0.3 is 0 Å². The van der Waals surface area contributed by atoms with Crippen LogP contribution in [-0.2, 0) is 17.0 Å². The summed E-state index contributed by atoms with van der Waals surface area (Å²) in [5.74, 6) is 1.84. The number of nitrogens with two attached hydrogens (primary N) is 1. The van der Waals surface area contributed by atoms with Gasteiger partial charge in [0, 0.05) is 6.61 Å². The summed E-state index contributed by atoms with van der Waals surface area (Å²) < 4.78 is 7.53. The fourth-order valence-corrected chi connectivity index (χ4v) is 2.77. The molecule has 2 aromatic rings. The first-order valence-corrected chi connectivity index (χ1v) is 8.13. The summed E-state index contributed by atoms with van der Waals surface area (Å²) in [7, 11) is 0. The van der Waals surface area contributed by atoms with Gasteiger partial charge in [-0.3, -0.25) is 0 Å². The first-order chi connectivity index (χ1) is 9.78. The van der Waals surface area contributed by atoms with Crippen LogP contribution in [0.4, 0.5) is 5.82 Å². The van der Waals surface area contributed by atoms with Crippen LogP contribution in [0.5, 0.6) is 0 Å². The Hall–Kier alpha value is -1.41. The van der Waals surface area contributed by atoms with E-state index in [-0.39, 0.29) is 6.10 Å². The molecule has 1 unspecified atom stereocenters.